The molecule has 2 N–H and O–H groups in total. The van der Waals surface area contributed by atoms with Crippen LogP contribution in [0.2, 0.25) is 0 Å². The quantitative estimate of drug-likeness (QED) is 0.513. The Hall–Kier alpha value is -3.58. The molecule has 0 aromatic heterocycles. The first-order valence-electron chi connectivity index (χ1n) is 11.2. The average molecular weight is 494 g/mol. The normalized spacial score (nSPS) is 15.3. The van der Waals surface area contributed by atoms with Crippen LogP contribution in [0.3, 0.4) is 0 Å². The van der Waals surface area contributed by atoms with Crippen LogP contribution in [-0.2, 0) is 15.0 Å². The number of nitrogens with zero attached hydrogens (tertiary/aromatic N) is 2. The van der Waals surface area contributed by atoms with Gasteiger partial charge >= 0.3 is 5.97 Å². The molecule has 0 saturated carbocycles. The second kappa shape index (κ2) is 10.4. The van der Waals surface area contributed by atoms with Gasteiger partial charge in [0.2, 0.25) is 0 Å². The molecule has 1 aliphatic rings. The van der Waals surface area contributed by atoms with E-state index in [2.05, 4.69) is 27.5 Å². The Balaban J connectivity index is 1.38. The Morgan fingerprint density at radius 3 is 2.20 bits per heavy atom. The van der Waals surface area contributed by atoms with Crippen LogP contribution in [0.5, 0.6) is 5.75 Å². The van der Waals surface area contributed by atoms with E-state index in [9.17, 15) is 13.2 Å². The molecule has 0 bridgehead atoms. The third-order valence-electron chi connectivity index (χ3n) is 5.91. The lowest BCUT2D eigenvalue weighted by atomic mass is 10.1. The number of carbonyl (C=O) groups is 1. The summed E-state index contributed by atoms with van der Waals surface area (Å²) in [5.74, 6) is 6.02. The Morgan fingerprint density at radius 1 is 0.943 bits per heavy atom. The van der Waals surface area contributed by atoms with Crippen molar-refractivity contribution in [1.29, 1.82) is 0 Å². The summed E-state index contributed by atoms with van der Waals surface area (Å²) >= 11 is 0. The van der Waals surface area contributed by atoms with Crippen molar-refractivity contribution >= 4 is 32.6 Å². The minimum atomic E-state index is -3.84. The van der Waals surface area contributed by atoms with Gasteiger partial charge in [-0.15, -0.1) is 0 Å². The standard InChI is InChI=1S/C26H27N3O5S/c1-19(26(30)31)27-35(32,33)29-15-13-28(14-16-29)24-10-6-20(7-11-24)3-4-21-5-8-23-18-25(34-2)12-9-22(23)17-21/h5-12,17-19,27H,13-16H2,1-2H3,(H,30,31)/t19-/m1/s1. The van der Waals surface area contributed by atoms with Crippen molar-refractivity contribution in [2.45, 2.75) is 13.0 Å². The number of fused-ring (bicyclic) bond motifs is 1. The monoisotopic (exact) mass is 493 g/mol. The van der Waals surface area contributed by atoms with E-state index in [4.69, 9.17) is 9.84 Å². The lowest BCUT2D eigenvalue weighted by Gasteiger charge is -2.35. The molecular weight excluding hydrogens is 466 g/mol. The number of hydrogen-bond acceptors (Lipinski definition) is 5. The fraction of sp³-hybridized carbons (Fsp3) is 0.269. The Morgan fingerprint density at radius 2 is 1.54 bits per heavy atom. The molecular formula is C26H27N3O5S. The zero-order chi connectivity index (χ0) is 25.0. The summed E-state index contributed by atoms with van der Waals surface area (Å²) in [6.45, 7) is 2.87. The van der Waals surface area contributed by atoms with Crippen molar-refractivity contribution in [3.63, 3.8) is 0 Å². The first-order chi connectivity index (χ1) is 16.7. The van der Waals surface area contributed by atoms with Crippen LogP contribution in [0.1, 0.15) is 18.1 Å². The number of benzene rings is 3. The van der Waals surface area contributed by atoms with E-state index in [-0.39, 0.29) is 13.1 Å². The molecule has 0 amide bonds. The predicted octanol–water partition coefficient (Wildman–Crippen LogP) is 2.68. The minimum absolute atomic E-state index is 0.275. The third kappa shape index (κ3) is 5.92. The molecule has 1 atom stereocenters. The van der Waals surface area contributed by atoms with Gasteiger partial charge in [0.05, 0.1) is 7.11 Å². The molecule has 0 radical (unpaired) electrons. The van der Waals surface area contributed by atoms with Gasteiger partial charge in [0, 0.05) is 43.0 Å². The van der Waals surface area contributed by atoms with Crippen molar-refractivity contribution < 1.29 is 23.1 Å². The van der Waals surface area contributed by atoms with E-state index in [0.29, 0.717) is 13.1 Å². The number of rotatable bonds is 6. The van der Waals surface area contributed by atoms with E-state index < -0.39 is 22.2 Å². The highest BCUT2D eigenvalue weighted by Gasteiger charge is 2.29. The number of piperazine rings is 1. The van der Waals surface area contributed by atoms with Crippen LogP contribution >= 0.6 is 0 Å². The number of methoxy groups -OCH3 is 1. The highest BCUT2D eigenvalue weighted by atomic mass is 32.2. The Bertz CT molecular complexity index is 1390. The van der Waals surface area contributed by atoms with Crippen LogP contribution in [0.25, 0.3) is 10.8 Å². The van der Waals surface area contributed by atoms with Crippen LogP contribution in [0.4, 0.5) is 5.69 Å². The van der Waals surface area contributed by atoms with E-state index in [0.717, 1.165) is 33.3 Å². The number of carboxylic acids is 1. The second-order valence-electron chi connectivity index (χ2n) is 8.29. The lowest BCUT2D eigenvalue weighted by Crippen LogP contribution is -2.54. The Labute approximate surface area is 205 Å². The highest BCUT2D eigenvalue weighted by Crippen LogP contribution is 2.22. The number of anilines is 1. The number of nitrogens with one attached hydrogen (secondary N) is 1. The first-order valence-corrected chi connectivity index (χ1v) is 12.6. The first kappa shape index (κ1) is 24.5. The molecule has 4 rings (SSSR count). The van der Waals surface area contributed by atoms with Gasteiger partial charge in [0.25, 0.3) is 10.2 Å². The predicted molar refractivity (Wildman–Crippen MR) is 136 cm³/mol. The smallest absolute Gasteiger partial charge is 0.321 e. The molecule has 182 valence electrons. The molecule has 3 aromatic rings. The van der Waals surface area contributed by atoms with Gasteiger partial charge in [-0.25, -0.2) is 0 Å². The summed E-state index contributed by atoms with van der Waals surface area (Å²) < 4.78 is 33.5. The van der Waals surface area contributed by atoms with Gasteiger partial charge in [-0.3, -0.25) is 4.79 Å². The van der Waals surface area contributed by atoms with Crippen LogP contribution in [-0.4, -0.2) is 63.1 Å². The SMILES string of the molecule is COc1ccc2cc(C#Cc3ccc(N4CCN(S(=O)(=O)N[C@H](C)C(=O)O)CC4)cc3)ccc2c1. The highest BCUT2D eigenvalue weighted by molar-refractivity contribution is 7.87. The van der Waals surface area contributed by atoms with Gasteiger partial charge < -0.3 is 14.7 Å². The van der Waals surface area contributed by atoms with Crippen molar-refractivity contribution in [3.8, 4) is 17.6 Å². The summed E-state index contributed by atoms with van der Waals surface area (Å²) in [5.41, 5.74) is 2.80. The van der Waals surface area contributed by atoms with Gasteiger partial charge in [-0.05, 0) is 66.2 Å². The van der Waals surface area contributed by atoms with E-state index >= 15 is 0 Å². The van der Waals surface area contributed by atoms with Gasteiger partial charge in [0.15, 0.2) is 0 Å². The lowest BCUT2D eigenvalue weighted by molar-refractivity contribution is -0.138. The molecule has 1 heterocycles. The fourth-order valence-corrected chi connectivity index (χ4v) is 5.20. The van der Waals surface area contributed by atoms with Crippen molar-refractivity contribution in [2.24, 2.45) is 0 Å². The van der Waals surface area contributed by atoms with E-state index in [1.807, 2.05) is 54.6 Å². The molecule has 0 unspecified atom stereocenters. The maximum Gasteiger partial charge on any atom is 0.321 e. The molecule has 9 heteroatoms. The largest absolute Gasteiger partial charge is 0.497 e. The summed E-state index contributed by atoms with van der Waals surface area (Å²) in [6, 6.07) is 18.7. The second-order valence-corrected chi connectivity index (χ2v) is 10.00. The third-order valence-corrected chi connectivity index (χ3v) is 7.60. The number of aliphatic carboxylic acids is 1. The van der Waals surface area contributed by atoms with Crippen molar-refractivity contribution in [2.75, 3.05) is 38.2 Å². The van der Waals surface area contributed by atoms with Crippen LogP contribution < -0.4 is 14.4 Å². The molecule has 1 fully saturated rings. The summed E-state index contributed by atoms with van der Waals surface area (Å²) in [4.78, 5) is 13.1. The van der Waals surface area contributed by atoms with Gasteiger partial charge in [-0.1, -0.05) is 24.0 Å². The van der Waals surface area contributed by atoms with Crippen LogP contribution in [0, 0.1) is 11.8 Å². The van der Waals surface area contributed by atoms with Gasteiger partial charge in [0.1, 0.15) is 11.8 Å². The zero-order valence-corrected chi connectivity index (χ0v) is 20.4. The Kier molecular flexibility index (Phi) is 7.26. The minimum Gasteiger partial charge on any atom is -0.497 e. The fourth-order valence-electron chi connectivity index (χ4n) is 3.86. The van der Waals surface area contributed by atoms with Crippen molar-refractivity contribution in [3.05, 3.63) is 71.8 Å². The van der Waals surface area contributed by atoms with Crippen molar-refractivity contribution in [1.82, 2.24) is 9.03 Å². The van der Waals surface area contributed by atoms with Gasteiger partial charge in [-0.2, -0.15) is 17.4 Å². The number of ether oxygens (including phenoxy) is 1. The molecule has 1 saturated heterocycles. The average Bonchev–Trinajstić information content (AvgIpc) is 2.87. The number of carboxylic acid groups (broad SMARTS) is 1. The summed E-state index contributed by atoms with van der Waals surface area (Å²) in [5, 5.41) is 11.1. The molecule has 8 nitrogen and oxygen atoms in total. The maximum atomic E-state index is 12.4. The van der Waals surface area contributed by atoms with E-state index in [1.165, 1.54) is 11.2 Å². The molecule has 0 aliphatic carbocycles. The molecule has 1 aliphatic heterocycles. The molecule has 35 heavy (non-hydrogen) atoms. The summed E-state index contributed by atoms with van der Waals surface area (Å²) in [6.07, 6.45) is 0. The number of hydrogen-bond donors (Lipinski definition) is 2. The maximum absolute atomic E-state index is 12.4. The zero-order valence-electron chi connectivity index (χ0n) is 19.6. The topological polar surface area (TPSA) is 99.2 Å². The van der Waals surface area contributed by atoms with Crippen LogP contribution in [0.15, 0.2) is 60.7 Å². The molecule has 3 aromatic carbocycles. The summed E-state index contributed by atoms with van der Waals surface area (Å²) in [7, 11) is -2.19. The molecule has 0 spiro atoms. The van der Waals surface area contributed by atoms with E-state index in [1.54, 1.807) is 7.11 Å².